The highest BCUT2D eigenvalue weighted by molar-refractivity contribution is 5.76. The van der Waals surface area contributed by atoms with Crippen LogP contribution in [-0.4, -0.2) is 193 Å². The third-order valence-electron chi connectivity index (χ3n) is 17.2. The number of hydrogen-bond acceptors (Lipinski definition) is 18. The van der Waals surface area contributed by atoms with Gasteiger partial charge in [0.15, 0.2) is 18.9 Å². The Kier molecular flexibility index (Phi) is 45.2. The average molecular weight is 1230 g/mol. The Bertz CT molecular complexity index is 1710. The van der Waals surface area contributed by atoms with Crippen molar-refractivity contribution >= 4 is 5.91 Å². The van der Waals surface area contributed by atoms with Crippen LogP contribution in [0.2, 0.25) is 0 Å². The molecule has 0 aromatic heterocycles. The van der Waals surface area contributed by atoms with Crippen LogP contribution in [0.1, 0.15) is 251 Å². The third kappa shape index (κ3) is 31.8. The van der Waals surface area contributed by atoms with Crippen molar-refractivity contribution in [2.24, 2.45) is 0 Å². The normalized spacial score (nSPS) is 29.0. The SMILES string of the molecule is CCCCCCCC/C=C\CCCCCCCC(=O)NC(COC1OC(CO)C(OC2OC(CO)C(OC3OC(CO)C(O)C(O)C3O)C(O)C2O)C(O)C1O)C(O)/C=C/CC/C=C/CCCCCCCCCCCCCCCCCCCCCC. The van der Waals surface area contributed by atoms with Gasteiger partial charge in [-0.15, -0.1) is 0 Å². The Balaban J connectivity index is 1.45. The molecule has 3 saturated heterocycles. The van der Waals surface area contributed by atoms with E-state index in [9.17, 15) is 61.0 Å². The Morgan fingerprint density at radius 2 is 0.744 bits per heavy atom. The molecule has 19 heteroatoms. The van der Waals surface area contributed by atoms with Gasteiger partial charge in [0.25, 0.3) is 0 Å². The maximum Gasteiger partial charge on any atom is 0.220 e. The van der Waals surface area contributed by atoms with Crippen molar-refractivity contribution < 1.29 is 89.4 Å². The lowest BCUT2D eigenvalue weighted by molar-refractivity contribution is -0.379. The average Bonchev–Trinajstić information content (AvgIpc) is 2.24. The summed E-state index contributed by atoms with van der Waals surface area (Å²) in [4.78, 5) is 13.4. The first kappa shape index (κ1) is 78.3. The van der Waals surface area contributed by atoms with E-state index in [-0.39, 0.29) is 18.9 Å². The summed E-state index contributed by atoms with van der Waals surface area (Å²) in [5.74, 6) is -0.293. The molecule has 17 unspecified atom stereocenters. The molecule has 504 valence electrons. The second-order valence-corrected chi connectivity index (χ2v) is 24.6. The highest BCUT2D eigenvalue weighted by atomic mass is 16.8. The number of carbonyl (C=O) groups is 1. The van der Waals surface area contributed by atoms with Crippen LogP contribution in [0.15, 0.2) is 36.5 Å². The summed E-state index contributed by atoms with van der Waals surface area (Å²) in [7, 11) is 0. The molecule has 1 amide bonds. The summed E-state index contributed by atoms with van der Waals surface area (Å²) < 4.78 is 34.3. The van der Waals surface area contributed by atoms with E-state index in [0.29, 0.717) is 12.8 Å². The first-order chi connectivity index (χ1) is 41.8. The van der Waals surface area contributed by atoms with Gasteiger partial charge in [0, 0.05) is 6.42 Å². The van der Waals surface area contributed by atoms with Crippen molar-refractivity contribution in [2.75, 3.05) is 26.4 Å². The van der Waals surface area contributed by atoms with Crippen molar-refractivity contribution in [3.05, 3.63) is 36.5 Å². The van der Waals surface area contributed by atoms with Crippen LogP contribution in [0.4, 0.5) is 0 Å². The summed E-state index contributed by atoms with van der Waals surface area (Å²) >= 11 is 0. The van der Waals surface area contributed by atoms with Crippen molar-refractivity contribution in [3.8, 4) is 0 Å². The number of amides is 1. The van der Waals surface area contributed by atoms with Crippen LogP contribution >= 0.6 is 0 Å². The van der Waals surface area contributed by atoms with Crippen molar-refractivity contribution in [1.82, 2.24) is 5.32 Å². The van der Waals surface area contributed by atoms with Gasteiger partial charge in [0.05, 0.1) is 38.6 Å². The Hall–Kier alpha value is -1.99. The van der Waals surface area contributed by atoms with Crippen LogP contribution in [0.5, 0.6) is 0 Å². The predicted molar refractivity (Wildman–Crippen MR) is 333 cm³/mol. The van der Waals surface area contributed by atoms with E-state index in [1.54, 1.807) is 6.08 Å². The van der Waals surface area contributed by atoms with Gasteiger partial charge in [0.2, 0.25) is 5.91 Å². The first-order valence-electron chi connectivity index (χ1n) is 34.2. The van der Waals surface area contributed by atoms with E-state index >= 15 is 0 Å². The van der Waals surface area contributed by atoms with Crippen LogP contribution in [-0.2, 0) is 33.2 Å². The van der Waals surface area contributed by atoms with Crippen LogP contribution in [0.25, 0.3) is 0 Å². The molecule has 3 aliphatic heterocycles. The first-order valence-corrected chi connectivity index (χ1v) is 34.2. The van der Waals surface area contributed by atoms with Gasteiger partial charge >= 0.3 is 0 Å². The molecular formula is C67H123NO18. The highest BCUT2D eigenvalue weighted by Crippen LogP contribution is 2.33. The molecule has 3 heterocycles. The molecule has 12 N–H and O–H groups in total. The zero-order valence-electron chi connectivity index (χ0n) is 53.0. The van der Waals surface area contributed by atoms with E-state index < -0.39 is 124 Å². The largest absolute Gasteiger partial charge is 0.394 e. The zero-order valence-corrected chi connectivity index (χ0v) is 53.0. The minimum absolute atomic E-state index is 0.226. The van der Waals surface area contributed by atoms with Gasteiger partial charge in [-0.1, -0.05) is 224 Å². The molecule has 3 rings (SSSR count). The fraction of sp³-hybridized carbons (Fsp3) is 0.896. The monoisotopic (exact) mass is 1230 g/mol. The summed E-state index contributed by atoms with van der Waals surface area (Å²) in [5, 5.41) is 120. The van der Waals surface area contributed by atoms with Crippen molar-refractivity contribution in [1.29, 1.82) is 0 Å². The molecule has 3 aliphatic rings. The summed E-state index contributed by atoms with van der Waals surface area (Å²) in [6.07, 6.45) is 29.9. The van der Waals surface area contributed by atoms with Crippen LogP contribution in [0, 0.1) is 0 Å². The second kappa shape index (κ2) is 49.7. The number of ether oxygens (including phenoxy) is 6. The molecular weight excluding hydrogens is 1110 g/mol. The lowest BCUT2D eigenvalue weighted by Crippen LogP contribution is -2.66. The smallest absolute Gasteiger partial charge is 0.220 e. The maximum absolute atomic E-state index is 13.4. The molecule has 0 radical (unpaired) electrons. The molecule has 0 aromatic carbocycles. The number of nitrogens with one attached hydrogen (secondary N) is 1. The zero-order chi connectivity index (χ0) is 62.6. The summed E-state index contributed by atoms with van der Waals surface area (Å²) in [6, 6.07) is -0.994. The summed E-state index contributed by atoms with van der Waals surface area (Å²) in [5.41, 5.74) is 0. The lowest BCUT2D eigenvalue weighted by Gasteiger charge is -2.48. The number of carbonyl (C=O) groups excluding carboxylic acids is 1. The van der Waals surface area contributed by atoms with Crippen LogP contribution < -0.4 is 5.32 Å². The van der Waals surface area contributed by atoms with Crippen molar-refractivity contribution in [2.45, 2.75) is 356 Å². The predicted octanol–water partition coefficient (Wildman–Crippen LogP) is 8.44. The van der Waals surface area contributed by atoms with Gasteiger partial charge in [-0.05, 0) is 57.8 Å². The highest BCUT2D eigenvalue weighted by Gasteiger charge is 2.53. The van der Waals surface area contributed by atoms with Gasteiger partial charge < -0.3 is 89.9 Å². The number of aliphatic hydroxyl groups is 11. The molecule has 19 nitrogen and oxygen atoms in total. The Morgan fingerprint density at radius 3 is 1.16 bits per heavy atom. The van der Waals surface area contributed by atoms with Gasteiger partial charge in [0.1, 0.15) is 73.2 Å². The fourth-order valence-electron chi connectivity index (χ4n) is 11.6. The molecule has 0 spiro atoms. The van der Waals surface area contributed by atoms with Gasteiger partial charge in [-0.3, -0.25) is 4.79 Å². The number of hydrogen-bond donors (Lipinski definition) is 12. The number of allylic oxidation sites excluding steroid dienone is 5. The van der Waals surface area contributed by atoms with E-state index in [0.717, 1.165) is 57.8 Å². The number of unbranched alkanes of at least 4 members (excludes halogenated alkanes) is 32. The van der Waals surface area contributed by atoms with E-state index in [1.165, 1.54) is 161 Å². The third-order valence-corrected chi connectivity index (χ3v) is 17.2. The molecule has 0 bridgehead atoms. The maximum atomic E-state index is 13.4. The Labute approximate surface area is 517 Å². The number of aliphatic hydroxyl groups excluding tert-OH is 11. The van der Waals surface area contributed by atoms with Crippen LogP contribution in [0.3, 0.4) is 0 Å². The Morgan fingerprint density at radius 1 is 0.407 bits per heavy atom. The lowest BCUT2D eigenvalue weighted by atomic mass is 9.96. The van der Waals surface area contributed by atoms with Gasteiger partial charge in [-0.2, -0.15) is 0 Å². The molecule has 0 aromatic rings. The molecule has 3 fully saturated rings. The minimum Gasteiger partial charge on any atom is -0.394 e. The van der Waals surface area contributed by atoms with E-state index in [1.807, 2.05) is 6.08 Å². The molecule has 0 aliphatic carbocycles. The quantitative estimate of drug-likeness (QED) is 0.0201. The minimum atomic E-state index is -1.98. The molecule has 0 saturated carbocycles. The molecule has 17 atom stereocenters. The molecule has 86 heavy (non-hydrogen) atoms. The van der Waals surface area contributed by atoms with E-state index in [2.05, 4.69) is 43.5 Å². The topological polar surface area (TPSA) is 307 Å². The van der Waals surface area contributed by atoms with E-state index in [4.69, 9.17) is 28.4 Å². The second-order valence-electron chi connectivity index (χ2n) is 24.6. The van der Waals surface area contributed by atoms with Crippen molar-refractivity contribution in [3.63, 3.8) is 0 Å². The standard InChI is InChI=1S/C67H123NO18/c1-3-5-7-9-11-13-15-17-19-20-21-22-23-24-25-26-27-28-29-31-32-34-36-38-40-42-44-51(72)50(68-55(73)45-43-41-39-37-35-33-30-18-16-14-12-10-8-6-4-2)49-81-65-61(79)58(76)63(53(47-70)83-65)86-67-62(80)59(77)64(54(48-71)84-67)85-66-60(78)57(75)56(74)52(46-69)82-66/h18,30,34,36,42,44,50-54,56-67,69-72,74-80H,3-17,19-29,31-33,35,37-41,43,45-49H2,1-2H3,(H,68,73)/b30-18-,36-34+,44-42+. The van der Waals surface area contributed by atoms with Gasteiger partial charge in [-0.25, -0.2) is 0 Å². The fourth-order valence-corrected chi connectivity index (χ4v) is 11.6. The number of rotatable bonds is 52. The summed E-state index contributed by atoms with van der Waals surface area (Å²) in [6.45, 7) is 1.71.